The fraction of sp³-hybridized carbons (Fsp3) is 0.462. The molecule has 92 valence electrons. The first-order valence-corrected chi connectivity index (χ1v) is 5.90. The van der Waals surface area contributed by atoms with Crippen LogP contribution in [0, 0.1) is 0 Å². The van der Waals surface area contributed by atoms with Gasteiger partial charge in [-0.25, -0.2) is 4.79 Å². The van der Waals surface area contributed by atoms with Crippen molar-refractivity contribution in [2.75, 3.05) is 6.54 Å². The minimum Gasteiger partial charge on any atom is -0.465 e. The molecule has 0 saturated carbocycles. The zero-order chi connectivity index (χ0) is 12.3. The topological polar surface area (TPSA) is 60.8 Å². The molecule has 1 aromatic carbocycles. The molecular formula is C13H17NO3. The maximum atomic E-state index is 11.0. The molecule has 0 aliphatic carbocycles. The molecule has 4 nitrogen and oxygen atoms in total. The molecule has 4 heteroatoms. The van der Waals surface area contributed by atoms with Crippen LogP contribution in [0.3, 0.4) is 0 Å². The van der Waals surface area contributed by atoms with Crippen LogP contribution in [-0.2, 0) is 6.42 Å². The summed E-state index contributed by atoms with van der Waals surface area (Å²) in [5, 5.41) is 19.1. The van der Waals surface area contributed by atoms with E-state index < -0.39 is 12.2 Å². The summed E-state index contributed by atoms with van der Waals surface area (Å²) in [6, 6.07) is 9.41. The molecule has 1 aromatic rings. The minimum atomic E-state index is -0.931. The maximum absolute atomic E-state index is 11.0. The fourth-order valence-electron chi connectivity index (χ4n) is 2.42. The molecule has 17 heavy (non-hydrogen) atoms. The summed E-state index contributed by atoms with van der Waals surface area (Å²) < 4.78 is 0. The van der Waals surface area contributed by atoms with E-state index in [9.17, 15) is 9.90 Å². The van der Waals surface area contributed by atoms with Crippen LogP contribution in [0.1, 0.15) is 18.4 Å². The van der Waals surface area contributed by atoms with Crippen molar-refractivity contribution in [3.05, 3.63) is 35.9 Å². The normalized spacial score (nSPS) is 21.5. The Kier molecular flexibility index (Phi) is 3.64. The number of aliphatic hydroxyl groups excluding tert-OH is 1. The zero-order valence-corrected chi connectivity index (χ0v) is 9.62. The Labute approximate surface area is 100 Å². The van der Waals surface area contributed by atoms with Crippen molar-refractivity contribution in [3.63, 3.8) is 0 Å². The van der Waals surface area contributed by atoms with Crippen LogP contribution in [0.5, 0.6) is 0 Å². The van der Waals surface area contributed by atoms with E-state index in [4.69, 9.17) is 5.11 Å². The smallest absolute Gasteiger partial charge is 0.407 e. The van der Waals surface area contributed by atoms with E-state index in [2.05, 4.69) is 0 Å². The Morgan fingerprint density at radius 2 is 2.12 bits per heavy atom. The Hall–Kier alpha value is -1.55. The third kappa shape index (κ3) is 2.77. The van der Waals surface area contributed by atoms with E-state index in [0.717, 1.165) is 18.4 Å². The van der Waals surface area contributed by atoms with E-state index in [1.165, 1.54) is 4.90 Å². The molecule has 1 unspecified atom stereocenters. The van der Waals surface area contributed by atoms with E-state index in [0.29, 0.717) is 13.0 Å². The Morgan fingerprint density at radius 1 is 1.41 bits per heavy atom. The summed E-state index contributed by atoms with van der Waals surface area (Å²) in [5.74, 6) is 0. The number of nitrogens with zero attached hydrogens (tertiary/aromatic N) is 1. The van der Waals surface area contributed by atoms with Crippen LogP contribution in [0.25, 0.3) is 0 Å². The number of benzene rings is 1. The predicted octanol–water partition coefficient (Wildman–Crippen LogP) is 1.73. The Bertz CT molecular complexity index is 380. The molecule has 2 atom stereocenters. The van der Waals surface area contributed by atoms with Gasteiger partial charge in [0.15, 0.2) is 0 Å². The van der Waals surface area contributed by atoms with Crippen molar-refractivity contribution in [2.24, 2.45) is 0 Å². The second kappa shape index (κ2) is 5.19. The van der Waals surface area contributed by atoms with Crippen LogP contribution in [-0.4, -0.2) is 39.9 Å². The highest BCUT2D eigenvalue weighted by atomic mass is 16.4. The molecule has 0 aromatic heterocycles. The molecule has 1 fully saturated rings. The number of rotatable bonds is 3. The third-order valence-electron chi connectivity index (χ3n) is 3.28. The number of hydrogen-bond donors (Lipinski definition) is 2. The fourth-order valence-corrected chi connectivity index (χ4v) is 2.42. The highest BCUT2D eigenvalue weighted by Crippen LogP contribution is 2.22. The summed E-state index contributed by atoms with van der Waals surface area (Å²) in [4.78, 5) is 12.3. The van der Waals surface area contributed by atoms with Crippen LogP contribution < -0.4 is 0 Å². The molecule has 0 spiro atoms. The number of carbonyl (C=O) groups is 1. The molecule has 1 aliphatic heterocycles. The van der Waals surface area contributed by atoms with Gasteiger partial charge in [-0.3, -0.25) is 0 Å². The van der Waals surface area contributed by atoms with Gasteiger partial charge in [-0.15, -0.1) is 0 Å². The van der Waals surface area contributed by atoms with Crippen LogP contribution in [0.2, 0.25) is 0 Å². The quantitative estimate of drug-likeness (QED) is 0.838. The molecule has 1 heterocycles. The van der Waals surface area contributed by atoms with Gasteiger partial charge in [0.1, 0.15) is 0 Å². The largest absolute Gasteiger partial charge is 0.465 e. The second-order valence-electron chi connectivity index (χ2n) is 4.44. The van der Waals surface area contributed by atoms with Crippen LogP contribution in [0.15, 0.2) is 30.3 Å². The van der Waals surface area contributed by atoms with Gasteiger partial charge in [0.25, 0.3) is 0 Å². The molecule has 2 N–H and O–H groups in total. The predicted molar refractivity (Wildman–Crippen MR) is 63.9 cm³/mol. The SMILES string of the molecule is O=C(O)N1CCCC1[C@H](O)Cc1ccccc1. The van der Waals surface area contributed by atoms with Crippen molar-refractivity contribution in [1.82, 2.24) is 4.90 Å². The average molecular weight is 235 g/mol. The van der Waals surface area contributed by atoms with Crippen molar-refractivity contribution in [2.45, 2.75) is 31.4 Å². The summed E-state index contributed by atoms with van der Waals surface area (Å²) in [5.41, 5.74) is 1.04. The summed E-state index contributed by atoms with van der Waals surface area (Å²) >= 11 is 0. The first-order chi connectivity index (χ1) is 8.18. The van der Waals surface area contributed by atoms with Crippen LogP contribution in [0.4, 0.5) is 4.79 Å². The van der Waals surface area contributed by atoms with Crippen molar-refractivity contribution in [1.29, 1.82) is 0 Å². The first kappa shape index (κ1) is 11.9. The lowest BCUT2D eigenvalue weighted by Gasteiger charge is -2.26. The lowest BCUT2D eigenvalue weighted by atomic mass is 10.0. The monoisotopic (exact) mass is 235 g/mol. The van der Waals surface area contributed by atoms with Gasteiger partial charge in [0.05, 0.1) is 12.1 Å². The van der Waals surface area contributed by atoms with Crippen LogP contribution >= 0.6 is 0 Å². The lowest BCUT2D eigenvalue weighted by molar-refractivity contribution is 0.0681. The number of amides is 1. The summed E-state index contributed by atoms with van der Waals surface area (Å²) in [7, 11) is 0. The zero-order valence-electron chi connectivity index (χ0n) is 9.62. The summed E-state index contributed by atoms with van der Waals surface area (Å²) in [6.07, 6.45) is 0.550. The average Bonchev–Trinajstić information content (AvgIpc) is 2.79. The molecule has 1 saturated heterocycles. The van der Waals surface area contributed by atoms with Gasteiger partial charge in [-0.2, -0.15) is 0 Å². The van der Waals surface area contributed by atoms with E-state index in [1.54, 1.807) is 0 Å². The molecular weight excluding hydrogens is 218 g/mol. The first-order valence-electron chi connectivity index (χ1n) is 5.90. The van der Waals surface area contributed by atoms with Crippen molar-refractivity contribution in [3.8, 4) is 0 Å². The lowest BCUT2D eigenvalue weighted by Crippen LogP contribution is -2.42. The molecule has 1 aliphatic rings. The van der Waals surface area contributed by atoms with Crippen molar-refractivity contribution >= 4 is 6.09 Å². The number of aliphatic hydroxyl groups is 1. The Morgan fingerprint density at radius 3 is 2.76 bits per heavy atom. The molecule has 0 radical (unpaired) electrons. The molecule has 0 bridgehead atoms. The minimum absolute atomic E-state index is 0.257. The van der Waals surface area contributed by atoms with E-state index in [1.807, 2.05) is 30.3 Å². The summed E-state index contributed by atoms with van der Waals surface area (Å²) in [6.45, 7) is 0.534. The number of carboxylic acid groups (broad SMARTS) is 1. The number of hydrogen-bond acceptors (Lipinski definition) is 2. The van der Waals surface area contributed by atoms with Gasteiger partial charge < -0.3 is 15.1 Å². The van der Waals surface area contributed by atoms with Gasteiger partial charge in [-0.1, -0.05) is 30.3 Å². The standard InChI is InChI=1S/C13H17NO3/c15-12(9-10-5-2-1-3-6-10)11-7-4-8-14(11)13(16)17/h1-3,5-6,11-12,15H,4,7-9H2,(H,16,17)/t11?,12-/m1/s1. The maximum Gasteiger partial charge on any atom is 0.407 e. The molecule has 1 amide bonds. The second-order valence-corrected chi connectivity index (χ2v) is 4.44. The van der Waals surface area contributed by atoms with E-state index >= 15 is 0 Å². The van der Waals surface area contributed by atoms with Gasteiger partial charge in [0, 0.05) is 13.0 Å². The molecule has 2 rings (SSSR count). The Balaban J connectivity index is 2.00. The van der Waals surface area contributed by atoms with Crippen molar-refractivity contribution < 1.29 is 15.0 Å². The highest BCUT2D eigenvalue weighted by Gasteiger charge is 2.33. The highest BCUT2D eigenvalue weighted by molar-refractivity contribution is 5.65. The van der Waals surface area contributed by atoms with E-state index in [-0.39, 0.29) is 6.04 Å². The third-order valence-corrected chi connectivity index (χ3v) is 3.28. The van der Waals surface area contributed by atoms with Gasteiger partial charge >= 0.3 is 6.09 Å². The number of likely N-dealkylation sites (tertiary alicyclic amines) is 1. The van der Waals surface area contributed by atoms with Gasteiger partial charge in [0.2, 0.25) is 0 Å². The van der Waals surface area contributed by atoms with Gasteiger partial charge in [-0.05, 0) is 18.4 Å².